The van der Waals surface area contributed by atoms with Crippen molar-refractivity contribution in [2.45, 2.75) is 46.5 Å². The molecule has 122 valence electrons. The fraction of sp³-hybridized carbons (Fsp3) is 0.706. The van der Waals surface area contributed by atoms with Gasteiger partial charge in [0, 0.05) is 25.2 Å². The van der Waals surface area contributed by atoms with Gasteiger partial charge in [-0.2, -0.15) is 0 Å². The summed E-state index contributed by atoms with van der Waals surface area (Å²) in [6.07, 6.45) is 2.97. The Morgan fingerprint density at radius 1 is 1.27 bits per heavy atom. The summed E-state index contributed by atoms with van der Waals surface area (Å²) in [5, 5.41) is 0. The van der Waals surface area contributed by atoms with Crippen LogP contribution >= 0.6 is 0 Å². The van der Waals surface area contributed by atoms with Gasteiger partial charge in [-0.25, -0.2) is 0 Å². The van der Waals surface area contributed by atoms with Gasteiger partial charge in [0.1, 0.15) is 5.92 Å². The Hall–Kier alpha value is -1.65. The summed E-state index contributed by atoms with van der Waals surface area (Å²) in [7, 11) is 1.28. The first-order chi connectivity index (χ1) is 10.3. The topological polar surface area (TPSA) is 63.7 Å². The van der Waals surface area contributed by atoms with E-state index in [2.05, 4.69) is 4.90 Å². The average Bonchev–Trinajstić information content (AvgIpc) is 2.95. The van der Waals surface area contributed by atoms with Crippen LogP contribution in [0.4, 0.5) is 0 Å². The molecule has 0 N–H and O–H groups in total. The van der Waals surface area contributed by atoms with Crippen LogP contribution in [-0.2, 0) is 19.1 Å². The molecule has 5 nitrogen and oxygen atoms in total. The molecule has 0 amide bonds. The molecular formula is C17H25NO4. The Kier molecular flexibility index (Phi) is 4.73. The molecule has 1 saturated carbocycles. The number of nitrogens with zero attached hydrogens (tertiary/aromatic N) is 1. The fourth-order valence-corrected chi connectivity index (χ4v) is 3.63. The molecule has 1 heterocycles. The van der Waals surface area contributed by atoms with Gasteiger partial charge in [0.15, 0.2) is 11.6 Å². The van der Waals surface area contributed by atoms with Crippen molar-refractivity contribution in [2.75, 3.05) is 20.2 Å². The number of hydrogen-bond acceptors (Lipinski definition) is 5. The molecule has 2 fully saturated rings. The minimum Gasteiger partial charge on any atom is -0.468 e. The van der Waals surface area contributed by atoms with E-state index in [0.29, 0.717) is 6.42 Å². The molecule has 0 radical (unpaired) electrons. The minimum absolute atomic E-state index is 0.140. The first kappa shape index (κ1) is 16.7. The molecule has 2 rings (SSSR count). The lowest BCUT2D eigenvalue weighted by Gasteiger charge is -2.37. The number of carbonyl (C=O) groups is 3. The van der Waals surface area contributed by atoms with Gasteiger partial charge in [0.05, 0.1) is 12.7 Å². The summed E-state index contributed by atoms with van der Waals surface area (Å²) in [6, 6.07) is 0. The van der Waals surface area contributed by atoms with Crippen molar-refractivity contribution >= 4 is 17.5 Å². The Bertz CT molecular complexity index is 527. The quantitative estimate of drug-likeness (QED) is 0.346. The van der Waals surface area contributed by atoms with E-state index >= 15 is 0 Å². The highest BCUT2D eigenvalue weighted by molar-refractivity contribution is 6.27. The number of rotatable bonds is 3. The third kappa shape index (κ3) is 2.81. The average molecular weight is 307 g/mol. The summed E-state index contributed by atoms with van der Waals surface area (Å²) in [4.78, 5) is 39.7. The molecule has 5 heteroatoms. The van der Waals surface area contributed by atoms with Gasteiger partial charge < -0.3 is 9.64 Å². The van der Waals surface area contributed by atoms with Crippen LogP contribution in [-0.4, -0.2) is 42.6 Å². The van der Waals surface area contributed by atoms with Crippen molar-refractivity contribution in [1.82, 2.24) is 4.90 Å². The predicted octanol–water partition coefficient (Wildman–Crippen LogP) is 2.10. The van der Waals surface area contributed by atoms with Crippen molar-refractivity contribution in [3.8, 4) is 0 Å². The number of methoxy groups -OCH3 is 1. The molecule has 1 atom stereocenters. The van der Waals surface area contributed by atoms with Crippen molar-refractivity contribution in [1.29, 1.82) is 0 Å². The molecule has 0 aromatic carbocycles. The zero-order valence-electron chi connectivity index (χ0n) is 13.9. The van der Waals surface area contributed by atoms with Gasteiger partial charge in [-0.1, -0.05) is 20.8 Å². The van der Waals surface area contributed by atoms with Gasteiger partial charge in [0.2, 0.25) is 0 Å². The van der Waals surface area contributed by atoms with E-state index < -0.39 is 17.3 Å². The van der Waals surface area contributed by atoms with Gasteiger partial charge >= 0.3 is 5.97 Å². The highest BCUT2D eigenvalue weighted by atomic mass is 16.5. The normalized spacial score (nSPS) is 27.1. The predicted molar refractivity (Wildman–Crippen MR) is 82.0 cm³/mol. The number of Topliss-reactive ketones (excluding diaryl/α,β-unsaturated/α-hetero) is 2. The van der Waals surface area contributed by atoms with Gasteiger partial charge in [-0.3, -0.25) is 14.4 Å². The van der Waals surface area contributed by atoms with Gasteiger partial charge in [-0.15, -0.1) is 0 Å². The van der Waals surface area contributed by atoms with Crippen molar-refractivity contribution < 1.29 is 19.1 Å². The lowest BCUT2D eigenvalue weighted by Crippen LogP contribution is -2.47. The van der Waals surface area contributed by atoms with E-state index in [1.54, 1.807) is 13.8 Å². The van der Waals surface area contributed by atoms with Crippen molar-refractivity contribution in [2.24, 2.45) is 11.3 Å². The molecular weight excluding hydrogens is 282 g/mol. The first-order valence-electron chi connectivity index (χ1n) is 7.96. The van der Waals surface area contributed by atoms with Gasteiger partial charge in [0.25, 0.3) is 0 Å². The maximum atomic E-state index is 12.9. The molecule has 22 heavy (non-hydrogen) atoms. The number of hydrogen-bond donors (Lipinski definition) is 0. The van der Waals surface area contributed by atoms with Crippen LogP contribution in [0.25, 0.3) is 0 Å². The number of esters is 1. The second kappa shape index (κ2) is 6.23. The Labute approximate surface area is 131 Å². The summed E-state index contributed by atoms with van der Waals surface area (Å²) in [5.74, 6) is -1.94. The maximum absolute atomic E-state index is 12.9. The Morgan fingerprint density at radius 3 is 2.36 bits per heavy atom. The molecule has 1 aliphatic carbocycles. The minimum atomic E-state index is -0.894. The van der Waals surface area contributed by atoms with Crippen LogP contribution in [0.1, 0.15) is 46.5 Å². The van der Waals surface area contributed by atoms with E-state index in [-0.39, 0.29) is 23.6 Å². The van der Waals surface area contributed by atoms with Crippen LogP contribution in [0.15, 0.2) is 11.3 Å². The van der Waals surface area contributed by atoms with Crippen molar-refractivity contribution in [3.63, 3.8) is 0 Å². The molecule has 0 aromatic heterocycles. The van der Waals surface area contributed by atoms with Crippen LogP contribution in [0.3, 0.4) is 0 Å². The summed E-state index contributed by atoms with van der Waals surface area (Å²) in [6.45, 7) is 7.26. The van der Waals surface area contributed by atoms with E-state index in [9.17, 15) is 14.4 Å². The van der Waals surface area contributed by atoms with Gasteiger partial charge in [-0.05, 0) is 24.7 Å². The third-order valence-corrected chi connectivity index (χ3v) is 4.73. The molecule has 1 aliphatic heterocycles. The fourth-order valence-electron chi connectivity index (χ4n) is 3.63. The zero-order valence-corrected chi connectivity index (χ0v) is 13.9. The summed E-state index contributed by atoms with van der Waals surface area (Å²) >= 11 is 0. The molecule has 0 bridgehead atoms. The van der Waals surface area contributed by atoms with E-state index in [4.69, 9.17) is 4.74 Å². The SMILES string of the molecule is CC/C(=C1/C(=O)CC(C)(C)[C@H](C(=O)OC)C1=O)N1CCCC1. The highest BCUT2D eigenvalue weighted by Gasteiger charge is 2.50. The largest absolute Gasteiger partial charge is 0.468 e. The zero-order chi connectivity index (χ0) is 16.5. The Balaban J connectivity index is 2.48. The van der Waals surface area contributed by atoms with Crippen molar-refractivity contribution in [3.05, 3.63) is 11.3 Å². The lowest BCUT2D eigenvalue weighted by atomic mass is 9.65. The highest BCUT2D eigenvalue weighted by Crippen LogP contribution is 2.41. The number of likely N-dealkylation sites (tertiary alicyclic amines) is 1. The summed E-state index contributed by atoms with van der Waals surface area (Å²) in [5.41, 5.74) is 0.338. The third-order valence-electron chi connectivity index (χ3n) is 4.73. The standard InChI is InChI=1S/C17H25NO4/c1-5-11(18-8-6-7-9-18)13-12(19)10-17(2,3)14(15(13)20)16(21)22-4/h14H,5-10H2,1-4H3/b13-11+/t14-/m0/s1. The lowest BCUT2D eigenvalue weighted by molar-refractivity contribution is -0.155. The second-order valence-corrected chi connectivity index (χ2v) is 6.78. The molecule has 0 spiro atoms. The van der Waals surface area contributed by atoms with Crippen LogP contribution in [0.2, 0.25) is 0 Å². The van der Waals surface area contributed by atoms with Crippen LogP contribution < -0.4 is 0 Å². The number of allylic oxidation sites excluding steroid dienone is 2. The molecule has 2 aliphatic rings. The number of ketones is 2. The molecule has 0 unspecified atom stereocenters. The maximum Gasteiger partial charge on any atom is 0.317 e. The second-order valence-electron chi connectivity index (χ2n) is 6.78. The van der Waals surface area contributed by atoms with E-state index in [0.717, 1.165) is 31.6 Å². The summed E-state index contributed by atoms with van der Waals surface area (Å²) < 4.78 is 4.81. The van der Waals surface area contributed by atoms with Crippen LogP contribution in [0.5, 0.6) is 0 Å². The molecule has 1 saturated heterocycles. The monoisotopic (exact) mass is 307 g/mol. The number of carbonyl (C=O) groups excluding carboxylic acids is 3. The molecule has 0 aromatic rings. The number of ether oxygens (including phenoxy) is 1. The van der Waals surface area contributed by atoms with E-state index in [1.807, 2.05) is 6.92 Å². The first-order valence-corrected chi connectivity index (χ1v) is 7.96. The van der Waals surface area contributed by atoms with E-state index in [1.165, 1.54) is 7.11 Å². The van der Waals surface area contributed by atoms with Crippen LogP contribution in [0, 0.1) is 11.3 Å². The smallest absolute Gasteiger partial charge is 0.317 e. The Morgan fingerprint density at radius 2 is 1.86 bits per heavy atom.